The average molecular weight is 240 g/mol. The predicted octanol–water partition coefficient (Wildman–Crippen LogP) is 1.36. The fraction of sp³-hybridized carbons (Fsp3) is 0.545. The number of carboxylic acid groups (broad SMARTS) is 1. The molecule has 0 fully saturated rings. The molecule has 0 saturated heterocycles. The Morgan fingerprint density at radius 3 is 2.65 bits per heavy atom. The van der Waals surface area contributed by atoms with Gasteiger partial charge in [0.05, 0.1) is 6.20 Å². The molecule has 0 aliphatic carbocycles. The van der Waals surface area contributed by atoms with E-state index in [0.717, 1.165) is 0 Å². The molecule has 6 heteroatoms. The smallest absolute Gasteiger partial charge is 0.303 e. The van der Waals surface area contributed by atoms with Crippen molar-refractivity contribution in [1.82, 2.24) is 10.5 Å². The van der Waals surface area contributed by atoms with Crippen molar-refractivity contribution >= 4 is 11.9 Å². The molecule has 0 aliphatic heterocycles. The lowest BCUT2D eigenvalue weighted by molar-refractivity contribution is -0.137. The first-order valence-electron chi connectivity index (χ1n) is 5.27. The highest BCUT2D eigenvalue weighted by molar-refractivity contribution is 5.95. The Morgan fingerprint density at radius 1 is 1.53 bits per heavy atom. The molecule has 1 rings (SSSR count). The maximum Gasteiger partial charge on any atom is 0.303 e. The lowest BCUT2D eigenvalue weighted by atomic mass is 9.98. The molecule has 1 aromatic heterocycles. The second-order valence-corrected chi connectivity index (χ2v) is 4.53. The van der Waals surface area contributed by atoms with Gasteiger partial charge in [-0.2, -0.15) is 0 Å². The summed E-state index contributed by atoms with van der Waals surface area (Å²) < 4.78 is 4.79. The third-order valence-corrected chi connectivity index (χ3v) is 2.41. The minimum Gasteiger partial charge on any atom is -0.481 e. The first-order valence-corrected chi connectivity index (χ1v) is 5.27. The largest absolute Gasteiger partial charge is 0.481 e. The maximum absolute atomic E-state index is 11.8. The Bertz CT molecular complexity index is 423. The minimum atomic E-state index is -0.881. The van der Waals surface area contributed by atoms with E-state index in [-0.39, 0.29) is 12.3 Å². The fourth-order valence-corrected chi connectivity index (χ4v) is 1.37. The van der Waals surface area contributed by atoms with E-state index >= 15 is 0 Å². The molecular formula is C11H16N2O4. The zero-order valence-electron chi connectivity index (χ0n) is 10.1. The molecule has 0 bridgehead atoms. The average Bonchev–Trinajstić information content (AvgIpc) is 2.61. The van der Waals surface area contributed by atoms with E-state index in [1.165, 1.54) is 6.20 Å². The van der Waals surface area contributed by atoms with Crippen molar-refractivity contribution in [2.24, 2.45) is 0 Å². The molecule has 1 heterocycles. The number of amides is 1. The summed E-state index contributed by atoms with van der Waals surface area (Å²) in [7, 11) is 0. The van der Waals surface area contributed by atoms with Crippen molar-refractivity contribution in [3.05, 3.63) is 17.5 Å². The van der Waals surface area contributed by atoms with Gasteiger partial charge in [0.15, 0.2) is 0 Å². The van der Waals surface area contributed by atoms with Gasteiger partial charge < -0.3 is 14.9 Å². The van der Waals surface area contributed by atoms with E-state index in [1.54, 1.807) is 20.8 Å². The summed E-state index contributed by atoms with van der Waals surface area (Å²) in [6.45, 7) is 5.19. The van der Waals surface area contributed by atoms with Gasteiger partial charge in [-0.25, -0.2) is 0 Å². The number of aromatic nitrogens is 1. The van der Waals surface area contributed by atoms with Gasteiger partial charge in [0.25, 0.3) is 5.91 Å². The van der Waals surface area contributed by atoms with Gasteiger partial charge in [-0.05, 0) is 27.2 Å². The van der Waals surface area contributed by atoms with Crippen LogP contribution >= 0.6 is 0 Å². The molecule has 0 radical (unpaired) electrons. The molecule has 6 nitrogen and oxygen atoms in total. The Kier molecular flexibility index (Phi) is 3.88. The molecule has 0 unspecified atom stereocenters. The van der Waals surface area contributed by atoms with Crippen molar-refractivity contribution in [1.29, 1.82) is 0 Å². The number of carbonyl (C=O) groups excluding carboxylic acids is 1. The quantitative estimate of drug-likeness (QED) is 0.810. The van der Waals surface area contributed by atoms with Crippen LogP contribution in [0.4, 0.5) is 0 Å². The Balaban J connectivity index is 2.61. The highest BCUT2D eigenvalue weighted by Crippen LogP contribution is 2.14. The van der Waals surface area contributed by atoms with Gasteiger partial charge in [0.2, 0.25) is 0 Å². The fourth-order valence-electron chi connectivity index (χ4n) is 1.37. The molecule has 17 heavy (non-hydrogen) atoms. The number of hydrogen-bond acceptors (Lipinski definition) is 4. The molecule has 1 amide bonds. The van der Waals surface area contributed by atoms with Gasteiger partial charge in [-0.1, -0.05) is 5.16 Å². The highest BCUT2D eigenvalue weighted by atomic mass is 16.5. The normalized spacial score (nSPS) is 11.2. The minimum absolute atomic E-state index is 0.00982. The van der Waals surface area contributed by atoms with Crippen LogP contribution in [0.3, 0.4) is 0 Å². The molecule has 0 aromatic carbocycles. The van der Waals surface area contributed by atoms with Gasteiger partial charge in [-0.3, -0.25) is 9.59 Å². The van der Waals surface area contributed by atoms with Crippen LogP contribution in [0.15, 0.2) is 10.7 Å². The number of aryl methyl sites for hydroxylation is 1. The molecule has 0 spiro atoms. The molecular weight excluding hydrogens is 224 g/mol. The summed E-state index contributed by atoms with van der Waals surface area (Å²) in [6.07, 6.45) is 1.71. The van der Waals surface area contributed by atoms with E-state index in [1.807, 2.05) is 0 Å². The third kappa shape index (κ3) is 3.90. The second-order valence-electron chi connectivity index (χ2n) is 4.53. The van der Waals surface area contributed by atoms with Crippen LogP contribution in [0.5, 0.6) is 0 Å². The summed E-state index contributed by atoms with van der Waals surface area (Å²) in [5.41, 5.74) is -0.215. The van der Waals surface area contributed by atoms with Crippen molar-refractivity contribution in [3.63, 3.8) is 0 Å². The van der Waals surface area contributed by atoms with Crippen LogP contribution in [-0.4, -0.2) is 27.7 Å². The molecule has 94 valence electrons. The van der Waals surface area contributed by atoms with E-state index < -0.39 is 11.5 Å². The number of hydrogen-bond donors (Lipinski definition) is 2. The molecule has 2 N–H and O–H groups in total. The van der Waals surface area contributed by atoms with Crippen LogP contribution in [0.1, 0.15) is 42.8 Å². The number of aliphatic carboxylic acids is 1. The zero-order valence-corrected chi connectivity index (χ0v) is 10.1. The van der Waals surface area contributed by atoms with Crippen molar-refractivity contribution in [3.8, 4) is 0 Å². The van der Waals surface area contributed by atoms with Crippen molar-refractivity contribution in [2.75, 3.05) is 0 Å². The Hall–Kier alpha value is -1.85. The van der Waals surface area contributed by atoms with Gasteiger partial charge in [0.1, 0.15) is 11.3 Å². The maximum atomic E-state index is 11.8. The highest BCUT2D eigenvalue weighted by Gasteiger charge is 2.24. The first kappa shape index (κ1) is 13.2. The second kappa shape index (κ2) is 4.99. The van der Waals surface area contributed by atoms with Crippen LogP contribution in [0.25, 0.3) is 0 Å². The van der Waals surface area contributed by atoms with Crippen molar-refractivity contribution in [2.45, 2.75) is 39.2 Å². The summed E-state index contributed by atoms with van der Waals surface area (Å²) in [5.74, 6) is -0.746. The molecule has 0 saturated carbocycles. The van der Waals surface area contributed by atoms with Crippen LogP contribution in [-0.2, 0) is 4.79 Å². The number of rotatable bonds is 5. The predicted molar refractivity (Wildman–Crippen MR) is 59.7 cm³/mol. The summed E-state index contributed by atoms with van der Waals surface area (Å²) in [4.78, 5) is 22.3. The molecule has 0 atom stereocenters. The monoisotopic (exact) mass is 240 g/mol. The standard InChI is InChI=1S/C11H16N2O4/c1-7-8(6-12-17-7)10(16)13-11(2,3)5-4-9(14)15/h6H,4-5H2,1-3H3,(H,13,16)(H,14,15). The first-order chi connectivity index (χ1) is 7.82. The summed E-state index contributed by atoms with van der Waals surface area (Å²) >= 11 is 0. The molecule has 0 aliphatic rings. The number of carbonyl (C=O) groups is 2. The summed E-state index contributed by atoms with van der Waals surface area (Å²) in [5, 5.41) is 14.9. The van der Waals surface area contributed by atoms with Crippen LogP contribution in [0, 0.1) is 6.92 Å². The zero-order chi connectivity index (χ0) is 13.1. The van der Waals surface area contributed by atoms with Crippen molar-refractivity contribution < 1.29 is 19.2 Å². The number of carboxylic acids is 1. The number of nitrogens with zero attached hydrogens (tertiary/aromatic N) is 1. The van der Waals surface area contributed by atoms with Gasteiger partial charge in [-0.15, -0.1) is 0 Å². The third-order valence-electron chi connectivity index (χ3n) is 2.41. The Morgan fingerprint density at radius 2 is 2.18 bits per heavy atom. The summed E-state index contributed by atoms with van der Waals surface area (Å²) in [6, 6.07) is 0. The van der Waals surface area contributed by atoms with Gasteiger partial charge >= 0.3 is 5.97 Å². The SMILES string of the molecule is Cc1oncc1C(=O)NC(C)(C)CCC(=O)O. The van der Waals surface area contributed by atoms with Gasteiger partial charge in [0, 0.05) is 12.0 Å². The van der Waals surface area contributed by atoms with E-state index in [0.29, 0.717) is 17.7 Å². The molecule has 1 aromatic rings. The number of nitrogens with one attached hydrogen (secondary N) is 1. The van der Waals surface area contributed by atoms with Crippen LogP contribution in [0.2, 0.25) is 0 Å². The lowest BCUT2D eigenvalue weighted by Gasteiger charge is -2.25. The topological polar surface area (TPSA) is 92.4 Å². The van der Waals surface area contributed by atoms with E-state index in [2.05, 4.69) is 10.5 Å². The van der Waals surface area contributed by atoms with E-state index in [4.69, 9.17) is 9.63 Å². The van der Waals surface area contributed by atoms with E-state index in [9.17, 15) is 9.59 Å². The van der Waals surface area contributed by atoms with Crippen LogP contribution < -0.4 is 5.32 Å². The lowest BCUT2D eigenvalue weighted by Crippen LogP contribution is -2.43. The Labute approximate surface area is 99.0 Å².